The van der Waals surface area contributed by atoms with Crippen LogP contribution in [0.1, 0.15) is 39.0 Å². The van der Waals surface area contributed by atoms with E-state index in [9.17, 15) is 9.59 Å². The third kappa shape index (κ3) is 4.18. The monoisotopic (exact) mass is 227 g/mol. The summed E-state index contributed by atoms with van der Waals surface area (Å²) in [5, 5.41) is 2.91. The Hall–Kier alpha value is -1.10. The first-order valence-corrected chi connectivity index (χ1v) is 5.83. The summed E-state index contributed by atoms with van der Waals surface area (Å²) in [6, 6.07) is -0.0481. The van der Waals surface area contributed by atoms with Crippen molar-refractivity contribution in [3.05, 3.63) is 0 Å². The molecule has 0 heterocycles. The molecule has 16 heavy (non-hydrogen) atoms. The number of nitrogens with one attached hydrogen (secondary N) is 1. The number of carbonyl (C=O) groups is 2. The van der Waals surface area contributed by atoms with E-state index in [4.69, 9.17) is 11.5 Å². The van der Waals surface area contributed by atoms with Crippen molar-refractivity contribution in [1.29, 1.82) is 0 Å². The number of carbonyl (C=O) groups excluding carboxylic acids is 2. The molecule has 0 aliphatic heterocycles. The van der Waals surface area contributed by atoms with Gasteiger partial charge in [-0.1, -0.05) is 6.42 Å². The molecule has 0 spiro atoms. The van der Waals surface area contributed by atoms with Gasteiger partial charge < -0.3 is 16.8 Å². The first-order chi connectivity index (χ1) is 7.49. The second-order valence-electron chi connectivity index (χ2n) is 4.71. The number of hydrogen-bond acceptors (Lipinski definition) is 3. The Morgan fingerprint density at radius 2 is 2.12 bits per heavy atom. The first kappa shape index (κ1) is 13.0. The van der Waals surface area contributed by atoms with Crippen molar-refractivity contribution in [3.8, 4) is 0 Å². The molecule has 3 unspecified atom stereocenters. The summed E-state index contributed by atoms with van der Waals surface area (Å²) in [4.78, 5) is 22.5. The molecule has 0 aromatic carbocycles. The molecule has 0 radical (unpaired) electrons. The number of hydrogen-bond donors (Lipinski definition) is 3. The Morgan fingerprint density at radius 3 is 2.69 bits per heavy atom. The number of nitrogens with two attached hydrogens (primary N) is 2. The molecule has 5 nitrogen and oxygen atoms in total. The summed E-state index contributed by atoms with van der Waals surface area (Å²) in [7, 11) is 0. The fraction of sp³-hybridized carbons (Fsp3) is 0.818. The number of amides is 2. The van der Waals surface area contributed by atoms with E-state index in [2.05, 4.69) is 5.32 Å². The summed E-state index contributed by atoms with van der Waals surface area (Å²) in [5.41, 5.74) is 10.8. The van der Waals surface area contributed by atoms with E-state index in [-0.39, 0.29) is 29.8 Å². The zero-order valence-electron chi connectivity index (χ0n) is 9.74. The molecule has 2 amide bonds. The summed E-state index contributed by atoms with van der Waals surface area (Å²) in [6.45, 7) is 1.80. The standard InChI is InChI=1S/C11H21N3O2/c1-7(12)5-10(15)14-9-4-2-3-8(6-9)11(13)16/h7-9H,2-6,12H2,1H3,(H2,13,16)(H,14,15). The lowest BCUT2D eigenvalue weighted by molar-refractivity contribution is -0.125. The average Bonchev–Trinajstić information content (AvgIpc) is 2.16. The van der Waals surface area contributed by atoms with E-state index in [1.54, 1.807) is 6.92 Å². The Bertz CT molecular complexity index is 266. The van der Waals surface area contributed by atoms with E-state index < -0.39 is 0 Å². The van der Waals surface area contributed by atoms with Gasteiger partial charge in [0.2, 0.25) is 11.8 Å². The van der Waals surface area contributed by atoms with E-state index >= 15 is 0 Å². The van der Waals surface area contributed by atoms with Crippen molar-refractivity contribution in [3.63, 3.8) is 0 Å². The van der Waals surface area contributed by atoms with Crippen LogP contribution in [0.4, 0.5) is 0 Å². The molecule has 1 saturated carbocycles. The lowest BCUT2D eigenvalue weighted by Gasteiger charge is -2.28. The third-order valence-corrected chi connectivity index (χ3v) is 2.95. The fourth-order valence-corrected chi connectivity index (χ4v) is 2.16. The number of primary amides is 1. The topological polar surface area (TPSA) is 98.2 Å². The zero-order valence-corrected chi connectivity index (χ0v) is 9.74. The largest absolute Gasteiger partial charge is 0.369 e. The van der Waals surface area contributed by atoms with Crippen molar-refractivity contribution in [2.45, 2.75) is 51.1 Å². The van der Waals surface area contributed by atoms with Gasteiger partial charge in [0.15, 0.2) is 0 Å². The predicted octanol–water partition coefficient (Wildman–Crippen LogP) is -0.116. The van der Waals surface area contributed by atoms with Crippen LogP contribution < -0.4 is 16.8 Å². The normalized spacial score (nSPS) is 27.1. The van der Waals surface area contributed by atoms with Crippen molar-refractivity contribution in [2.24, 2.45) is 17.4 Å². The van der Waals surface area contributed by atoms with Gasteiger partial charge in [-0.15, -0.1) is 0 Å². The maximum absolute atomic E-state index is 11.5. The van der Waals surface area contributed by atoms with Crippen molar-refractivity contribution >= 4 is 11.8 Å². The minimum absolute atomic E-state index is 0.0369. The fourth-order valence-electron chi connectivity index (χ4n) is 2.16. The van der Waals surface area contributed by atoms with Crippen molar-refractivity contribution in [1.82, 2.24) is 5.32 Å². The highest BCUT2D eigenvalue weighted by atomic mass is 16.2. The van der Waals surface area contributed by atoms with Crippen LogP contribution in [0.15, 0.2) is 0 Å². The van der Waals surface area contributed by atoms with Crippen LogP contribution in [0.5, 0.6) is 0 Å². The van der Waals surface area contributed by atoms with E-state index in [0.717, 1.165) is 19.3 Å². The minimum Gasteiger partial charge on any atom is -0.369 e. The summed E-state index contributed by atoms with van der Waals surface area (Å²) >= 11 is 0. The molecule has 5 heteroatoms. The van der Waals surface area contributed by atoms with Crippen LogP contribution in [0.2, 0.25) is 0 Å². The molecule has 1 aliphatic carbocycles. The molecule has 3 atom stereocenters. The van der Waals surface area contributed by atoms with E-state index in [0.29, 0.717) is 12.8 Å². The van der Waals surface area contributed by atoms with Crippen LogP contribution >= 0.6 is 0 Å². The molecule has 0 saturated heterocycles. The molecule has 1 aliphatic rings. The van der Waals surface area contributed by atoms with Crippen molar-refractivity contribution < 1.29 is 9.59 Å². The number of rotatable bonds is 4. The summed E-state index contributed by atoms with van der Waals surface area (Å²) in [5.74, 6) is -0.384. The van der Waals surface area contributed by atoms with Gasteiger partial charge in [0, 0.05) is 24.4 Å². The highest BCUT2D eigenvalue weighted by molar-refractivity contribution is 5.78. The highest BCUT2D eigenvalue weighted by Crippen LogP contribution is 2.23. The molecule has 1 rings (SSSR count). The molecule has 0 bridgehead atoms. The zero-order chi connectivity index (χ0) is 12.1. The SMILES string of the molecule is CC(N)CC(=O)NC1CCCC(C(N)=O)C1. The van der Waals surface area contributed by atoms with Gasteiger partial charge in [-0.2, -0.15) is 0 Å². The van der Waals surface area contributed by atoms with Crippen LogP contribution in [-0.4, -0.2) is 23.9 Å². The molecule has 5 N–H and O–H groups in total. The quantitative estimate of drug-likeness (QED) is 0.624. The highest BCUT2D eigenvalue weighted by Gasteiger charge is 2.26. The Morgan fingerprint density at radius 1 is 1.44 bits per heavy atom. The van der Waals surface area contributed by atoms with Crippen LogP contribution in [-0.2, 0) is 9.59 Å². The third-order valence-electron chi connectivity index (χ3n) is 2.95. The molecular formula is C11H21N3O2. The Labute approximate surface area is 95.9 Å². The molecule has 0 aromatic rings. The second-order valence-corrected chi connectivity index (χ2v) is 4.71. The molecule has 0 aromatic heterocycles. The Balaban J connectivity index is 2.37. The van der Waals surface area contributed by atoms with Gasteiger partial charge in [-0.3, -0.25) is 9.59 Å². The molecule has 92 valence electrons. The maximum Gasteiger partial charge on any atom is 0.221 e. The first-order valence-electron chi connectivity index (χ1n) is 5.83. The average molecular weight is 227 g/mol. The van der Waals surface area contributed by atoms with Crippen LogP contribution in [0.25, 0.3) is 0 Å². The lowest BCUT2D eigenvalue weighted by Crippen LogP contribution is -2.42. The van der Waals surface area contributed by atoms with Gasteiger partial charge in [-0.25, -0.2) is 0 Å². The molecule has 1 fully saturated rings. The van der Waals surface area contributed by atoms with Gasteiger partial charge in [0.25, 0.3) is 0 Å². The van der Waals surface area contributed by atoms with Gasteiger partial charge in [-0.05, 0) is 26.2 Å². The predicted molar refractivity (Wildman–Crippen MR) is 61.3 cm³/mol. The van der Waals surface area contributed by atoms with Gasteiger partial charge >= 0.3 is 0 Å². The van der Waals surface area contributed by atoms with Gasteiger partial charge in [0.1, 0.15) is 0 Å². The van der Waals surface area contributed by atoms with Gasteiger partial charge in [0.05, 0.1) is 0 Å². The molecular weight excluding hydrogens is 206 g/mol. The Kier molecular flexibility index (Phi) is 4.73. The lowest BCUT2D eigenvalue weighted by atomic mass is 9.85. The minimum atomic E-state index is -0.258. The summed E-state index contributed by atoms with van der Waals surface area (Å²) in [6.07, 6.45) is 3.71. The van der Waals surface area contributed by atoms with Crippen LogP contribution in [0, 0.1) is 5.92 Å². The summed E-state index contributed by atoms with van der Waals surface area (Å²) < 4.78 is 0. The second kappa shape index (κ2) is 5.84. The maximum atomic E-state index is 11.5. The van der Waals surface area contributed by atoms with E-state index in [1.807, 2.05) is 0 Å². The van der Waals surface area contributed by atoms with E-state index in [1.165, 1.54) is 0 Å². The van der Waals surface area contributed by atoms with Crippen molar-refractivity contribution in [2.75, 3.05) is 0 Å². The smallest absolute Gasteiger partial charge is 0.221 e. The van der Waals surface area contributed by atoms with Crippen LogP contribution in [0.3, 0.4) is 0 Å².